The Morgan fingerprint density at radius 3 is 2.50 bits per heavy atom. The van der Waals surface area contributed by atoms with E-state index in [1.54, 1.807) is 42.3 Å². The minimum absolute atomic E-state index is 0. The molecule has 1 saturated carbocycles. The topological polar surface area (TPSA) is 170 Å². The molecular weight excluding hydrogens is 562 g/mol. The number of anilines is 2. The Bertz CT molecular complexity index is 1370. The van der Waals surface area contributed by atoms with Crippen LogP contribution in [-0.2, 0) is 4.79 Å². The largest absolute Gasteiger partial charge is 0.388 e. The van der Waals surface area contributed by atoms with Gasteiger partial charge in [0.05, 0.1) is 18.4 Å². The molecule has 0 bridgehead atoms. The van der Waals surface area contributed by atoms with E-state index in [2.05, 4.69) is 39.8 Å². The van der Waals surface area contributed by atoms with Crippen molar-refractivity contribution in [2.45, 2.75) is 89.3 Å². The van der Waals surface area contributed by atoms with Crippen LogP contribution in [0.3, 0.4) is 0 Å². The van der Waals surface area contributed by atoms with Gasteiger partial charge < -0.3 is 35.6 Å². The van der Waals surface area contributed by atoms with Crippen molar-refractivity contribution in [3.63, 3.8) is 0 Å². The van der Waals surface area contributed by atoms with Gasteiger partial charge in [-0.1, -0.05) is 20.8 Å². The van der Waals surface area contributed by atoms with Crippen LogP contribution in [0.2, 0.25) is 0 Å². The van der Waals surface area contributed by atoms with Gasteiger partial charge >= 0.3 is 0 Å². The average molecular weight is 602 g/mol. The molecule has 5 rings (SSSR count). The molecule has 1 unspecified atom stereocenters. The van der Waals surface area contributed by atoms with Gasteiger partial charge in [-0.2, -0.15) is 9.97 Å². The molecule has 0 spiro atoms. The van der Waals surface area contributed by atoms with Crippen molar-refractivity contribution in [2.24, 2.45) is 0 Å². The molecule has 2 aliphatic rings. The number of nitrogens with one attached hydrogen (secondary N) is 3. The van der Waals surface area contributed by atoms with Crippen LogP contribution >= 0.6 is 12.4 Å². The minimum Gasteiger partial charge on any atom is -0.388 e. The molecule has 2 amide bonds. The number of carbonyl (C=O) groups is 2. The third-order valence-electron chi connectivity index (χ3n) is 8.16. The zero-order chi connectivity index (χ0) is 29.1. The Kier molecular flexibility index (Phi) is 10.2. The highest BCUT2D eigenvalue weighted by Gasteiger charge is 2.44. The summed E-state index contributed by atoms with van der Waals surface area (Å²) in [6.07, 6.45) is 5.75. The maximum atomic E-state index is 12.7. The summed E-state index contributed by atoms with van der Waals surface area (Å²) in [6.45, 7) is 7.15. The van der Waals surface area contributed by atoms with Crippen molar-refractivity contribution in [1.29, 1.82) is 0 Å². The van der Waals surface area contributed by atoms with Crippen molar-refractivity contribution in [1.82, 2.24) is 35.1 Å². The van der Waals surface area contributed by atoms with Crippen LogP contribution in [0.25, 0.3) is 11.2 Å². The average Bonchev–Trinajstić information content (AvgIpc) is 3.70. The number of fused-ring (bicyclic) bond motifs is 1. The molecule has 13 nitrogen and oxygen atoms in total. The number of rotatable bonds is 10. The van der Waals surface area contributed by atoms with Gasteiger partial charge in [0.1, 0.15) is 12.2 Å². The summed E-state index contributed by atoms with van der Waals surface area (Å²) < 4.78 is 1.78. The molecule has 0 aromatic carbocycles. The normalized spacial score (nSPS) is 23.7. The first kappa shape index (κ1) is 31.4. The summed E-state index contributed by atoms with van der Waals surface area (Å²) in [5, 5.41) is 31.1. The first-order valence-electron chi connectivity index (χ1n) is 14.4. The molecule has 228 valence electrons. The lowest BCUT2D eigenvalue weighted by molar-refractivity contribution is -0.122. The molecule has 5 N–H and O–H groups in total. The van der Waals surface area contributed by atoms with E-state index in [0.29, 0.717) is 54.4 Å². The van der Waals surface area contributed by atoms with Gasteiger partial charge in [0.25, 0.3) is 5.91 Å². The summed E-state index contributed by atoms with van der Waals surface area (Å²) in [6, 6.07) is 2.36. The molecular formula is C28H40ClN9O4. The monoisotopic (exact) mass is 601 g/mol. The van der Waals surface area contributed by atoms with Crippen molar-refractivity contribution < 1.29 is 19.8 Å². The van der Waals surface area contributed by atoms with Crippen molar-refractivity contribution in [3.05, 3.63) is 36.4 Å². The van der Waals surface area contributed by atoms with Gasteiger partial charge in [0.2, 0.25) is 11.9 Å². The predicted molar refractivity (Wildman–Crippen MR) is 161 cm³/mol. The van der Waals surface area contributed by atoms with E-state index in [9.17, 15) is 19.8 Å². The van der Waals surface area contributed by atoms with Gasteiger partial charge in [0.15, 0.2) is 17.0 Å². The lowest BCUT2D eigenvalue weighted by Crippen LogP contribution is -2.42. The first-order chi connectivity index (χ1) is 19.8. The lowest BCUT2D eigenvalue weighted by Gasteiger charge is -2.22. The Morgan fingerprint density at radius 1 is 1.07 bits per heavy atom. The molecule has 1 aliphatic carbocycles. The Hall–Kier alpha value is -3.55. The van der Waals surface area contributed by atoms with Gasteiger partial charge in [0, 0.05) is 49.6 Å². The fourth-order valence-corrected chi connectivity index (χ4v) is 5.64. The quantitative estimate of drug-likeness (QED) is 0.231. The van der Waals surface area contributed by atoms with E-state index >= 15 is 0 Å². The van der Waals surface area contributed by atoms with E-state index in [1.165, 1.54) is 0 Å². The van der Waals surface area contributed by atoms with E-state index in [0.717, 1.165) is 19.3 Å². The van der Waals surface area contributed by atoms with Crippen LogP contribution in [0.5, 0.6) is 0 Å². The Morgan fingerprint density at radius 2 is 1.81 bits per heavy atom. The van der Waals surface area contributed by atoms with Crippen LogP contribution in [0.4, 0.5) is 11.8 Å². The number of aliphatic hydroxyl groups excluding tert-OH is 2. The third-order valence-corrected chi connectivity index (χ3v) is 8.16. The SMILES string of the molecule is CCC(=O)N[C@H]1C[C@@H](n2cnc3c(NC(CC)CC)nc(N4CCC(NC(=O)c5ccncc5)C4)nc32)[C@H](O)[C@@H]1O.Cl. The molecule has 3 aromatic heterocycles. The third kappa shape index (κ3) is 6.42. The summed E-state index contributed by atoms with van der Waals surface area (Å²) >= 11 is 0. The summed E-state index contributed by atoms with van der Waals surface area (Å²) in [4.78, 5) is 45.1. The van der Waals surface area contributed by atoms with E-state index in [1.807, 2.05) is 4.90 Å². The number of aliphatic hydroxyl groups is 2. The van der Waals surface area contributed by atoms with Crippen LogP contribution < -0.4 is 20.9 Å². The summed E-state index contributed by atoms with van der Waals surface area (Å²) in [5.41, 5.74) is 1.67. The molecule has 4 heterocycles. The van der Waals surface area contributed by atoms with Gasteiger partial charge in [-0.3, -0.25) is 14.6 Å². The Balaban J connectivity index is 0.00000405. The lowest BCUT2D eigenvalue weighted by atomic mass is 10.2. The second kappa shape index (κ2) is 13.6. The second-order valence-corrected chi connectivity index (χ2v) is 10.8. The second-order valence-electron chi connectivity index (χ2n) is 10.8. The number of aromatic nitrogens is 5. The van der Waals surface area contributed by atoms with Crippen molar-refractivity contribution >= 4 is 47.2 Å². The Labute approximate surface area is 250 Å². The maximum absolute atomic E-state index is 12.7. The van der Waals surface area contributed by atoms with E-state index in [-0.39, 0.29) is 36.3 Å². The van der Waals surface area contributed by atoms with Gasteiger partial charge in [-0.25, -0.2) is 4.98 Å². The van der Waals surface area contributed by atoms with E-state index in [4.69, 9.17) is 9.97 Å². The molecule has 42 heavy (non-hydrogen) atoms. The van der Waals surface area contributed by atoms with Crippen LogP contribution in [0, 0.1) is 0 Å². The molecule has 1 saturated heterocycles. The van der Waals surface area contributed by atoms with Gasteiger partial charge in [-0.05, 0) is 37.8 Å². The zero-order valence-electron chi connectivity index (χ0n) is 24.1. The molecule has 2 fully saturated rings. The number of hydrogen-bond donors (Lipinski definition) is 5. The summed E-state index contributed by atoms with van der Waals surface area (Å²) in [5.74, 6) is 0.768. The smallest absolute Gasteiger partial charge is 0.251 e. The van der Waals surface area contributed by atoms with Crippen molar-refractivity contribution in [3.8, 4) is 0 Å². The zero-order valence-corrected chi connectivity index (χ0v) is 24.9. The molecule has 1 aliphatic heterocycles. The van der Waals surface area contributed by atoms with Crippen molar-refractivity contribution in [2.75, 3.05) is 23.3 Å². The molecule has 14 heteroatoms. The summed E-state index contributed by atoms with van der Waals surface area (Å²) in [7, 11) is 0. The number of carbonyl (C=O) groups excluding carboxylic acids is 2. The number of halogens is 1. The standard InChI is InChI=1S/C28H39N9O4.ClH/c1-4-17(5-2)31-25-22-26(37(15-30-22)20-13-19(23(39)24(20)40)33-21(38)6-3)35-28(34-25)36-12-9-18(14-36)32-27(41)16-7-10-29-11-8-16;/h7-8,10-11,15,17-20,23-24,39-40H,4-6,9,12-14H2,1-3H3,(H,32,41)(H,33,38)(H,31,34,35);1H/t18?,19-,20+,23+,24-;/m0./s1. The number of pyridine rings is 1. The fourth-order valence-electron chi connectivity index (χ4n) is 5.64. The molecule has 0 radical (unpaired) electrons. The van der Waals surface area contributed by atoms with Gasteiger partial charge in [-0.15, -0.1) is 12.4 Å². The number of imidazole rings is 1. The highest BCUT2D eigenvalue weighted by atomic mass is 35.5. The first-order valence-corrected chi connectivity index (χ1v) is 14.4. The molecule has 3 aromatic rings. The predicted octanol–water partition coefficient (Wildman–Crippen LogP) is 1.81. The van der Waals surface area contributed by atoms with Crippen LogP contribution in [0.15, 0.2) is 30.9 Å². The van der Waals surface area contributed by atoms with Crippen LogP contribution in [0.1, 0.15) is 69.3 Å². The fraction of sp³-hybridized carbons (Fsp3) is 0.571. The molecule has 5 atom stereocenters. The maximum Gasteiger partial charge on any atom is 0.251 e. The highest BCUT2D eigenvalue weighted by molar-refractivity contribution is 5.94. The minimum atomic E-state index is -1.11. The van der Waals surface area contributed by atoms with Crippen LogP contribution in [-0.4, -0.2) is 90.0 Å². The highest BCUT2D eigenvalue weighted by Crippen LogP contribution is 2.35. The number of amides is 2. The van der Waals surface area contributed by atoms with E-state index < -0.39 is 24.3 Å². The number of hydrogen-bond acceptors (Lipinski definition) is 10. The number of nitrogens with zero attached hydrogens (tertiary/aromatic N) is 6.